The number of hydrogen-bond donors (Lipinski definition) is 1. The second-order valence-electron chi connectivity index (χ2n) is 6.60. The van der Waals surface area contributed by atoms with Crippen molar-refractivity contribution >= 4 is 12.1 Å². The van der Waals surface area contributed by atoms with Crippen LogP contribution in [0.15, 0.2) is 61.2 Å². The van der Waals surface area contributed by atoms with Gasteiger partial charge in [-0.15, -0.1) is 6.58 Å². The lowest BCUT2D eigenvalue weighted by atomic mass is 9.98. The first kappa shape index (κ1) is 19.6. The number of aliphatic carboxylic acids is 1. The van der Waals surface area contributed by atoms with Crippen molar-refractivity contribution in [2.24, 2.45) is 0 Å². The molecule has 2 aromatic carbocycles. The number of amides is 1. The third-order valence-corrected chi connectivity index (χ3v) is 4.89. The molecule has 1 aliphatic carbocycles. The van der Waals surface area contributed by atoms with Gasteiger partial charge in [-0.1, -0.05) is 54.6 Å². The van der Waals surface area contributed by atoms with Gasteiger partial charge >= 0.3 is 12.1 Å². The molecule has 0 aromatic heterocycles. The highest BCUT2D eigenvalue weighted by Gasteiger charge is 2.31. The maximum absolute atomic E-state index is 12.5. The molecule has 6 heteroatoms. The molecule has 0 radical (unpaired) electrons. The van der Waals surface area contributed by atoms with Gasteiger partial charge in [0.05, 0.1) is 13.2 Å². The average molecular weight is 381 g/mol. The van der Waals surface area contributed by atoms with Crippen LogP contribution in [-0.2, 0) is 14.3 Å². The van der Waals surface area contributed by atoms with Crippen LogP contribution >= 0.6 is 0 Å². The Hall–Kier alpha value is -3.12. The summed E-state index contributed by atoms with van der Waals surface area (Å²) in [5.74, 6) is -1.23. The van der Waals surface area contributed by atoms with Crippen LogP contribution in [0.2, 0.25) is 0 Å². The van der Waals surface area contributed by atoms with Crippen molar-refractivity contribution < 1.29 is 24.2 Å². The predicted molar refractivity (Wildman–Crippen MR) is 105 cm³/mol. The highest BCUT2D eigenvalue weighted by Crippen LogP contribution is 2.44. The molecule has 2 aromatic rings. The van der Waals surface area contributed by atoms with Gasteiger partial charge in [0.15, 0.2) is 6.04 Å². The predicted octanol–water partition coefficient (Wildman–Crippen LogP) is 3.52. The van der Waals surface area contributed by atoms with Crippen molar-refractivity contribution in [1.29, 1.82) is 0 Å². The van der Waals surface area contributed by atoms with Gasteiger partial charge in [-0.3, -0.25) is 4.90 Å². The molecule has 1 amide bonds. The Morgan fingerprint density at radius 1 is 1.14 bits per heavy atom. The van der Waals surface area contributed by atoms with Crippen molar-refractivity contribution in [3.05, 3.63) is 72.3 Å². The maximum atomic E-state index is 12.5. The molecule has 0 heterocycles. The van der Waals surface area contributed by atoms with E-state index in [0.29, 0.717) is 0 Å². The summed E-state index contributed by atoms with van der Waals surface area (Å²) in [6, 6.07) is 14.9. The smallest absolute Gasteiger partial charge is 0.410 e. The van der Waals surface area contributed by atoms with E-state index in [1.807, 2.05) is 36.4 Å². The quantitative estimate of drug-likeness (QED) is 0.559. The number of carboxylic acids is 1. The highest BCUT2D eigenvalue weighted by molar-refractivity contribution is 5.81. The molecular formula is C22H23NO5. The largest absolute Gasteiger partial charge is 0.480 e. The average Bonchev–Trinajstić information content (AvgIpc) is 3.02. The third kappa shape index (κ3) is 3.92. The van der Waals surface area contributed by atoms with Crippen LogP contribution in [0.1, 0.15) is 17.0 Å². The second kappa shape index (κ2) is 8.71. The van der Waals surface area contributed by atoms with Crippen LogP contribution in [0.5, 0.6) is 0 Å². The van der Waals surface area contributed by atoms with Crippen LogP contribution in [-0.4, -0.2) is 55.0 Å². The number of fused-ring (bicyclic) bond motifs is 3. The molecule has 0 bridgehead atoms. The van der Waals surface area contributed by atoms with E-state index in [0.717, 1.165) is 27.2 Å². The van der Waals surface area contributed by atoms with E-state index in [-0.39, 0.29) is 25.7 Å². The zero-order valence-corrected chi connectivity index (χ0v) is 15.7. The fourth-order valence-corrected chi connectivity index (χ4v) is 3.43. The Balaban J connectivity index is 1.70. The molecule has 1 aliphatic rings. The molecule has 1 N–H and O–H groups in total. The third-order valence-electron chi connectivity index (χ3n) is 4.89. The minimum atomic E-state index is -1.15. The van der Waals surface area contributed by atoms with Crippen molar-refractivity contribution in [2.75, 3.05) is 26.9 Å². The number of benzene rings is 2. The van der Waals surface area contributed by atoms with E-state index in [9.17, 15) is 14.7 Å². The summed E-state index contributed by atoms with van der Waals surface area (Å²) < 4.78 is 10.7. The molecule has 0 unspecified atom stereocenters. The zero-order chi connectivity index (χ0) is 20.1. The number of carboxylic acid groups (broad SMARTS) is 1. The molecule has 6 nitrogen and oxygen atoms in total. The summed E-state index contributed by atoms with van der Waals surface area (Å²) in [7, 11) is 1.40. The van der Waals surface area contributed by atoms with Crippen molar-refractivity contribution in [3.8, 4) is 11.1 Å². The van der Waals surface area contributed by atoms with Crippen molar-refractivity contribution in [1.82, 2.24) is 4.90 Å². The Bertz CT molecular complexity index is 833. The number of rotatable bonds is 8. The fraction of sp³-hybridized carbons (Fsp3) is 0.273. The van der Waals surface area contributed by atoms with Gasteiger partial charge in [0, 0.05) is 13.0 Å². The summed E-state index contributed by atoms with van der Waals surface area (Å²) in [5.41, 5.74) is 4.47. The molecule has 0 saturated carbocycles. The van der Waals surface area contributed by atoms with E-state index in [1.165, 1.54) is 13.1 Å². The molecule has 0 aliphatic heterocycles. The van der Waals surface area contributed by atoms with Gasteiger partial charge in [0.1, 0.15) is 6.61 Å². The van der Waals surface area contributed by atoms with Crippen LogP contribution in [0.4, 0.5) is 4.79 Å². The summed E-state index contributed by atoms with van der Waals surface area (Å²) >= 11 is 0. The van der Waals surface area contributed by atoms with E-state index in [4.69, 9.17) is 9.47 Å². The standard InChI is InChI=1S/C22H23NO5/c1-3-12-27-14-20(21(24)25)23(2)22(26)28-13-19-17-10-6-4-8-15(17)16-9-5-7-11-18(16)19/h3-11,19-20H,1,12-14H2,2H3,(H,24,25)/t20-/m1/s1. The van der Waals surface area contributed by atoms with E-state index < -0.39 is 18.1 Å². The van der Waals surface area contributed by atoms with E-state index in [2.05, 4.69) is 18.7 Å². The lowest BCUT2D eigenvalue weighted by Crippen LogP contribution is -2.45. The minimum absolute atomic E-state index is 0.0787. The Labute approximate surface area is 164 Å². The summed E-state index contributed by atoms with van der Waals surface area (Å²) in [6.45, 7) is 3.72. The van der Waals surface area contributed by atoms with Crippen LogP contribution < -0.4 is 0 Å². The summed E-state index contributed by atoms with van der Waals surface area (Å²) in [5, 5.41) is 9.38. The van der Waals surface area contributed by atoms with Crippen LogP contribution in [0.3, 0.4) is 0 Å². The van der Waals surface area contributed by atoms with E-state index in [1.54, 1.807) is 0 Å². The van der Waals surface area contributed by atoms with Gasteiger partial charge in [-0.25, -0.2) is 9.59 Å². The number of nitrogens with zero attached hydrogens (tertiary/aromatic N) is 1. The van der Waals surface area contributed by atoms with E-state index >= 15 is 0 Å². The van der Waals surface area contributed by atoms with Crippen molar-refractivity contribution in [2.45, 2.75) is 12.0 Å². The van der Waals surface area contributed by atoms with Crippen molar-refractivity contribution in [3.63, 3.8) is 0 Å². The van der Waals surface area contributed by atoms with Gasteiger partial charge < -0.3 is 14.6 Å². The molecular weight excluding hydrogens is 358 g/mol. The SMILES string of the molecule is C=CCOC[C@H](C(=O)O)N(C)C(=O)OCC1c2ccccc2-c2ccccc21. The van der Waals surface area contributed by atoms with Gasteiger partial charge in [-0.05, 0) is 22.3 Å². The highest BCUT2D eigenvalue weighted by atomic mass is 16.6. The number of hydrogen-bond acceptors (Lipinski definition) is 4. The zero-order valence-electron chi connectivity index (χ0n) is 15.7. The number of carbonyl (C=O) groups excluding carboxylic acids is 1. The summed E-state index contributed by atoms with van der Waals surface area (Å²) in [6.07, 6.45) is 0.822. The monoisotopic (exact) mass is 381 g/mol. The number of likely N-dealkylation sites (N-methyl/N-ethyl adjacent to an activating group) is 1. The normalized spacial score (nSPS) is 13.3. The fourth-order valence-electron chi connectivity index (χ4n) is 3.43. The minimum Gasteiger partial charge on any atom is -0.480 e. The number of carbonyl (C=O) groups is 2. The number of ether oxygens (including phenoxy) is 2. The topological polar surface area (TPSA) is 76.1 Å². The molecule has 1 atom stereocenters. The van der Waals surface area contributed by atoms with Crippen LogP contribution in [0.25, 0.3) is 11.1 Å². The Morgan fingerprint density at radius 2 is 1.71 bits per heavy atom. The maximum Gasteiger partial charge on any atom is 0.410 e. The molecule has 0 saturated heterocycles. The Kier molecular flexibility index (Phi) is 6.11. The molecule has 28 heavy (non-hydrogen) atoms. The Morgan fingerprint density at radius 3 is 2.25 bits per heavy atom. The van der Waals surface area contributed by atoms with Gasteiger partial charge in [-0.2, -0.15) is 0 Å². The lowest BCUT2D eigenvalue weighted by molar-refractivity contribution is -0.144. The first-order chi connectivity index (χ1) is 13.5. The second-order valence-corrected chi connectivity index (χ2v) is 6.60. The molecule has 3 rings (SSSR count). The molecule has 0 fully saturated rings. The lowest BCUT2D eigenvalue weighted by Gasteiger charge is -2.25. The first-order valence-corrected chi connectivity index (χ1v) is 9.03. The van der Waals surface area contributed by atoms with Gasteiger partial charge in [0.2, 0.25) is 0 Å². The molecule has 0 spiro atoms. The van der Waals surface area contributed by atoms with Crippen LogP contribution in [0, 0.1) is 0 Å². The first-order valence-electron chi connectivity index (χ1n) is 9.03. The van der Waals surface area contributed by atoms with Gasteiger partial charge in [0.25, 0.3) is 0 Å². The molecule has 146 valence electrons. The summed E-state index contributed by atoms with van der Waals surface area (Å²) in [4.78, 5) is 25.0.